The van der Waals surface area contributed by atoms with Crippen LogP contribution in [0.2, 0.25) is 5.02 Å². The molecule has 2 aromatic carbocycles. The van der Waals surface area contributed by atoms with E-state index in [2.05, 4.69) is 30.1 Å². The van der Waals surface area contributed by atoms with Crippen molar-refractivity contribution in [3.8, 4) is 5.75 Å². The third-order valence-corrected chi connectivity index (χ3v) is 6.54. The number of rotatable bonds is 13. The normalized spacial score (nSPS) is 14.8. The van der Waals surface area contributed by atoms with Gasteiger partial charge in [-0.25, -0.2) is 14.4 Å². The molecule has 1 saturated heterocycles. The summed E-state index contributed by atoms with van der Waals surface area (Å²) in [7, 11) is 0. The van der Waals surface area contributed by atoms with E-state index < -0.39 is 37.7 Å². The lowest BCUT2D eigenvalue weighted by atomic mass is 10.1. The molecule has 0 atom stereocenters. The minimum Gasteiger partial charge on any atom is -0.489 e. The number of carbonyl (C=O) groups is 1. The average Bonchev–Trinajstić information content (AvgIpc) is 2.94. The van der Waals surface area contributed by atoms with Crippen LogP contribution < -0.4 is 15.4 Å². The van der Waals surface area contributed by atoms with Crippen LogP contribution in [0.4, 0.5) is 39.1 Å². The Morgan fingerprint density at radius 2 is 1.88 bits per heavy atom. The zero-order valence-corrected chi connectivity index (χ0v) is 22.8. The van der Waals surface area contributed by atoms with Crippen molar-refractivity contribution in [1.82, 2.24) is 14.9 Å². The van der Waals surface area contributed by atoms with E-state index in [9.17, 15) is 26.7 Å². The first-order valence-electron chi connectivity index (χ1n) is 12.9. The van der Waals surface area contributed by atoms with Crippen LogP contribution in [0.1, 0.15) is 12.8 Å². The Kier molecular flexibility index (Phi) is 11.2. The standard InChI is InChI=1S/C27H27ClF5N5O4/c28-18-3-1-4-19(24(18)29)37-25-17-13-21(22(14-20(17)34-15-35-25)40-11-12-41-26(30)31)36-23(39)5-2-8-38-9-6-16(7-10-38)42-27(32)33/h1-5,13-16,26-27H,6-12H2,(H,36,39)(H,34,35,37)/b5-2+. The maximum atomic E-state index is 14.5. The molecular formula is C27H27ClF5N5O4. The van der Waals surface area contributed by atoms with Crippen molar-refractivity contribution < 1.29 is 41.0 Å². The van der Waals surface area contributed by atoms with Gasteiger partial charge in [0.2, 0.25) is 5.91 Å². The highest BCUT2D eigenvalue weighted by molar-refractivity contribution is 6.31. The molecule has 0 spiro atoms. The molecule has 1 amide bonds. The third kappa shape index (κ3) is 8.95. The lowest BCUT2D eigenvalue weighted by molar-refractivity contribution is -0.172. The molecule has 0 aliphatic carbocycles. The van der Waals surface area contributed by atoms with Crippen LogP contribution in [0.15, 0.2) is 48.8 Å². The van der Waals surface area contributed by atoms with Gasteiger partial charge in [-0.1, -0.05) is 23.7 Å². The third-order valence-electron chi connectivity index (χ3n) is 6.25. The molecule has 4 rings (SSSR count). The van der Waals surface area contributed by atoms with Crippen LogP contribution in [0.3, 0.4) is 0 Å². The average molecular weight is 616 g/mol. The number of anilines is 3. The van der Waals surface area contributed by atoms with Crippen LogP contribution in [0, 0.1) is 5.82 Å². The lowest BCUT2D eigenvalue weighted by Crippen LogP contribution is -2.37. The summed E-state index contributed by atoms with van der Waals surface area (Å²) in [5.41, 5.74) is 0.585. The maximum Gasteiger partial charge on any atom is 0.345 e. The van der Waals surface area contributed by atoms with E-state index in [1.165, 1.54) is 36.7 Å². The summed E-state index contributed by atoms with van der Waals surface area (Å²) < 4.78 is 78.5. The number of benzene rings is 2. The Morgan fingerprint density at radius 3 is 2.62 bits per heavy atom. The minimum absolute atomic E-state index is 0.0605. The first-order valence-corrected chi connectivity index (χ1v) is 13.2. The number of ether oxygens (including phenoxy) is 3. The van der Waals surface area contributed by atoms with Crippen molar-refractivity contribution in [1.29, 1.82) is 0 Å². The molecule has 1 aliphatic rings. The largest absolute Gasteiger partial charge is 0.489 e. The van der Waals surface area contributed by atoms with Crippen molar-refractivity contribution >= 4 is 45.6 Å². The van der Waals surface area contributed by atoms with Crippen LogP contribution in [-0.2, 0) is 14.3 Å². The quantitative estimate of drug-likeness (QED) is 0.138. The molecule has 0 radical (unpaired) electrons. The fraction of sp³-hybridized carbons (Fsp3) is 0.370. The number of alkyl halides is 4. The molecule has 0 bridgehead atoms. The summed E-state index contributed by atoms with van der Waals surface area (Å²) >= 11 is 5.89. The summed E-state index contributed by atoms with van der Waals surface area (Å²) in [5.74, 6) is -0.874. The van der Waals surface area contributed by atoms with E-state index in [1.807, 2.05) is 4.90 Å². The second-order valence-corrected chi connectivity index (χ2v) is 9.49. The zero-order valence-electron chi connectivity index (χ0n) is 22.0. The Balaban J connectivity index is 1.50. The second kappa shape index (κ2) is 15.0. The Hall–Kier alpha value is -3.59. The molecule has 1 aromatic heterocycles. The fourth-order valence-electron chi connectivity index (χ4n) is 4.27. The molecule has 42 heavy (non-hydrogen) atoms. The molecule has 226 valence electrons. The van der Waals surface area contributed by atoms with Gasteiger partial charge in [0.15, 0.2) is 5.82 Å². The topological polar surface area (TPSA) is 97.8 Å². The van der Waals surface area contributed by atoms with Gasteiger partial charge in [-0.15, -0.1) is 0 Å². The number of aromatic nitrogens is 2. The molecule has 2 N–H and O–H groups in total. The van der Waals surface area contributed by atoms with Gasteiger partial charge < -0.3 is 24.8 Å². The highest BCUT2D eigenvalue weighted by Gasteiger charge is 2.22. The van der Waals surface area contributed by atoms with Gasteiger partial charge >= 0.3 is 13.2 Å². The van der Waals surface area contributed by atoms with E-state index >= 15 is 0 Å². The fourth-order valence-corrected chi connectivity index (χ4v) is 4.45. The van der Waals surface area contributed by atoms with Crippen molar-refractivity contribution in [2.24, 2.45) is 0 Å². The van der Waals surface area contributed by atoms with Gasteiger partial charge in [0.05, 0.1) is 34.6 Å². The van der Waals surface area contributed by atoms with Gasteiger partial charge in [0.1, 0.15) is 24.5 Å². The number of piperidine rings is 1. The molecule has 0 saturated carbocycles. The van der Waals surface area contributed by atoms with Gasteiger partial charge in [0.25, 0.3) is 0 Å². The Morgan fingerprint density at radius 1 is 1.10 bits per heavy atom. The number of amides is 1. The van der Waals surface area contributed by atoms with E-state index in [4.69, 9.17) is 16.3 Å². The molecule has 1 aliphatic heterocycles. The monoisotopic (exact) mass is 615 g/mol. The summed E-state index contributed by atoms with van der Waals surface area (Å²) in [6.45, 7) is -4.94. The highest BCUT2D eigenvalue weighted by atomic mass is 35.5. The summed E-state index contributed by atoms with van der Waals surface area (Å²) in [4.78, 5) is 23.2. The van der Waals surface area contributed by atoms with Crippen LogP contribution in [0.25, 0.3) is 10.9 Å². The molecule has 0 unspecified atom stereocenters. The highest BCUT2D eigenvalue weighted by Crippen LogP contribution is 2.34. The lowest BCUT2D eigenvalue weighted by Gasteiger charge is -2.30. The van der Waals surface area contributed by atoms with Gasteiger partial charge in [-0.2, -0.15) is 17.6 Å². The zero-order chi connectivity index (χ0) is 30.1. The number of hydrogen-bond acceptors (Lipinski definition) is 8. The number of nitrogens with one attached hydrogen (secondary N) is 2. The van der Waals surface area contributed by atoms with Crippen LogP contribution in [0.5, 0.6) is 5.75 Å². The summed E-state index contributed by atoms with van der Waals surface area (Å²) in [5, 5.41) is 5.86. The molecule has 15 heteroatoms. The number of likely N-dealkylation sites (tertiary alicyclic amines) is 1. The number of fused-ring (bicyclic) bond motifs is 1. The molecule has 9 nitrogen and oxygen atoms in total. The van der Waals surface area contributed by atoms with Crippen molar-refractivity contribution in [2.45, 2.75) is 32.2 Å². The van der Waals surface area contributed by atoms with Gasteiger partial charge in [-0.05, 0) is 31.0 Å². The number of halogens is 6. The SMILES string of the molecule is O=C(/C=C/CN1CCC(OC(F)F)CC1)Nc1cc2c(Nc3cccc(Cl)c3F)ncnc2cc1OCCOC(F)F. The summed E-state index contributed by atoms with van der Waals surface area (Å²) in [6.07, 6.45) is 4.58. The van der Waals surface area contributed by atoms with Crippen LogP contribution in [-0.4, -0.2) is 73.0 Å². The van der Waals surface area contributed by atoms with E-state index in [0.717, 1.165) is 0 Å². The smallest absolute Gasteiger partial charge is 0.345 e. The minimum atomic E-state index is -2.97. The van der Waals surface area contributed by atoms with Crippen molar-refractivity contribution in [3.05, 3.63) is 59.7 Å². The molecule has 2 heterocycles. The Labute approximate surface area is 242 Å². The number of carbonyl (C=O) groups excluding carboxylic acids is 1. The molecule has 3 aromatic rings. The van der Waals surface area contributed by atoms with E-state index in [0.29, 0.717) is 43.4 Å². The Bertz CT molecular complexity index is 1390. The summed E-state index contributed by atoms with van der Waals surface area (Å²) in [6, 6.07) is 7.40. The van der Waals surface area contributed by atoms with Gasteiger partial charge in [0, 0.05) is 37.2 Å². The maximum absolute atomic E-state index is 14.5. The van der Waals surface area contributed by atoms with Crippen molar-refractivity contribution in [2.75, 3.05) is 43.5 Å². The first kappa shape index (κ1) is 31.3. The number of nitrogens with zero attached hydrogens (tertiary/aromatic N) is 3. The van der Waals surface area contributed by atoms with Gasteiger partial charge in [-0.3, -0.25) is 9.69 Å². The molecule has 1 fully saturated rings. The van der Waals surface area contributed by atoms with Crippen LogP contribution >= 0.6 is 11.6 Å². The van der Waals surface area contributed by atoms with E-state index in [1.54, 1.807) is 12.1 Å². The predicted octanol–water partition coefficient (Wildman–Crippen LogP) is 5.98. The first-order chi connectivity index (χ1) is 20.2. The van der Waals surface area contributed by atoms with E-state index in [-0.39, 0.29) is 34.6 Å². The predicted molar refractivity (Wildman–Crippen MR) is 146 cm³/mol. The number of hydrogen-bond donors (Lipinski definition) is 2. The van der Waals surface area contributed by atoms with Crippen molar-refractivity contribution in [3.63, 3.8) is 0 Å². The second-order valence-electron chi connectivity index (χ2n) is 9.08. The molecular weight excluding hydrogens is 589 g/mol.